The quantitative estimate of drug-likeness (QED) is 0.865. The second-order valence-electron chi connectivity index (χ2n) is 6.74. The first-order valence-corrected chi connectivity index (χ1v) is 8.47. The van der Waals surface area contributed by atoms with E-state index < -0.39 is 0 Å². The Morgan fingerprint density at radius 3 is 2.96 bits per heavy atom. The number of hydrogen-bond donors (Lipinski definition) is 0. The number of fused-ring (bicyclic) bond motifs is 1. The van der Waals surface area contributed by atoms with Gasteiger partial charge in [0.15, 0.2) is 0 Å². The van der Waals surface area contributed by atoms with E-state index in [0.29, 0.717) is 18.1 Å². The van der Waals surface area contributed by atoms with Crippen LogP contribution >= 0.6 is 0 Å². The molecule has 2 fully saturated rings. The molecule has 0 bridgehead atoms. The summed E-state index contributed by atoms with van der Waals surface area (Å²) in [6.07, 6.45) is 6.59. The molecule has 23 heavy (non-hydrogen) atoms. The number of nitrogens with zero attached hydrogens (tertiary/aromatic N) is 4. The fraction of sp³-hybridized carbons (Fsp3) is 0.647. The van der Waals surface area contributed by atoms with Crippen molar-refractivity contribution in [3.63, 3.8) is 0 Å². The van der Waals surface area contributed by atoms with Crippen molar-refractivity contribution in [3.8, 4) is 0 Å². The van der Waals surface area contributed by atoms with E-state index in [2.05, 4.69) is 15.2 Å². The van der Waals surface area contributed by atoms with Gasteiger partial charge in [-0.05, 0) is 32.8 Å². The summed E-state index contributed by atoms with van der Waals surface area (Å²) in [7, 11) is 0. The van der Waals surface area contributed by atoms with Crippen molar-refractivity contribution < 1.29 is 9.26 Å². The molecule has 0 N–H and O–H groups in total. The van der Waals surface area contributed by atoms with Crippen LogP contribution in [-0.4, -0.2) is 45.1 Å². The Balaban J connectivity index is 1.47. The largest absolute Gasteiger partial charge is 0.375 e. The van der Waals surface area contributed by atoms with Gasteiger partial charge < -0.3 is 9.26 Å². The Bertz CT molecular complexity index is 632. The van der Waals surface area contributed by atoms with Gasteiger partial charge in [0.1, 0.15) is 5.76 Å². The number of rotatable bonds is 4. The number of hydrogen-bond acceptors (Lipinski definition) is 5. The van der Waals surface area contributed by atoms with Crippen LogP contribution in [0, 0.1) is 19.8 Å². The fourth-order valence-electron chi connectivity index (χ4n) is 4.11. The molecule has 1 aliphatic carbocycles. The summed E-state index contributed by atoms with van der Waals surface area (Å²) < 4.78 is 13.5. The molecular weight excluding hydrogens is 292 g/mol. The van der Waals surface area contributed by atoms with E-state index in [-0.39, 0.29) is 0 Å². The van der Waals surface area contributed by atoms with Crippen LogP contribution in [0.3, 0.4) is 0 Å². The van der Waals surface area contributed by atoms with Crippen LogP contribution in [0.25, 0.3) is 0 Å². The number of ether oxygens (including phenoxy) is 1. The maximum Gasteiger partial charge on any atom is 0.138 e. The molecule has 6 nitrogen and oxygen atoms in total. The molecule has 0 amide bonds. The molecule has 0 radical (unpaired) electrons. The van der Waals surface area contributed by atoms with E-state index in [0.717, 1.165) is 37.7 Å². The molecule has 6 heteroatoms. The first-order chi connectivity index (χ1) is 11.2. The zero-order valence-electron chi connectivity index (χ0n) is 13.8. The lowest BCUT2D eigenvalue weighted by Gasteiger charge is -2.39. The summed E-state index contributed by atoms with van der Waals surface area (Å²) in [5, 5.41) is 8.43. The molecule has 3 heterocycles. The van der Waals surface area contributed by atoms with Crippen LogP contribution in [0.2, 0.25) is 0 Å². The van der Waals surface area contributed by atoms with Gasteiger partial charge >= 0.3 is 0 Å². The fourth-order valence-corrected chi connectivity index (χ4v) is 4.11. The summed E-state index contributed by atoms with van der Waals surface area (Å²) in [4.78, 5) is 2.56. The van der Waals surface area contributed by atoms with Crippen LogP contribution in [-0.2, 0) is 17.8 Å². The minimum absolute atomic E-state index is 0.313. The molecule has 2 aliphatic rings. The first kappa shape index (κ1) is 14.9. The molecule has 0 aromatic carbocycles. The first-order valence-electron chi connectivity index (χ1n) is 8.47. The molecular formula is C17H24N4O2. The molecule has 1 unspecified atom stereocenters. The summed E-state index contributed by atoms with van der Waals surface area (Å²) in [6.45, 7) is 7.69. The molecule has 2 aromatic rings. The highest BCUT2D eigenvalue weighted by Gasteiger charge is 2.43. The highest BCUT2D eigenvalue weighted by atomic mass is 16.5. The maximum atomic E-state index is 6.15. The minimum Gasteiger partial charge on any atom is -0.375 e. The third kappa shape index (κ3) is 2.81. The molecule has 2 aromatic heterocycles. The molecule has 1 aliphatic heterocycles. The average Bonchev–Trinajstić information content (AvgIpc) is 3.26. The van der Waals surface area contributed by atoms with E-state index in [4.69, 9.17) is 9.26 Å². The normalized spacial score (nSPS) is 28.2. The molecule has 1 saturated heterocycles. The van der Waals surface area contributed by atoms with Gasteiger partial charge in [-0.3, -0.25) is 9.58 Å². The van der Waals surface area contributed by atoms with Gasteiger partial charge in [0.2, 0.25) is 0 Å². The van der Waals surface area contributed by atoms with Crippen molar-refractivity contribution in [2.45, 2.75) is 51.9 Å². The predicted octanol–water partition coefficient (Wildman–Crippen LogP) is 2.17. The highest BCUT2D eigenvalue weighted by molar-refractivity contribution is 5.21. The number of morpholine rings is 1. The van der Waals surface area contributed by atoms with Crippen LogP contribution in [0.5, 0.6) is 0 Å². The summed E-state index contributed by atoms with van der Waals surface area (Å²) in [6, 6.07) is 2.48. The molecule has 4 rings (SSSR count). The summed E-state index contributed by atoms with van der Waals surface area (Å²) in [5.41, 5.74) is 2.25. The van der Waals surface area contributed by atoms with E-state index in [9.17, 15) is 0 Å². The van der Waals surface area contributed by atoms with Crippen LogP contribution in [0.15, 0.2) is 23.0 Å². The van der Waals surface area contributed by atoms with Crippen LogP contribution in [0.1, 0.15) is 29.9 Å². The Morgan fingerprint density at radius 1 is 1.30 bits per heavy atom. The van der Waals surface area contributed by atoms with Crippen molar-refractivity contribution in [1.29, 1.82) is 0 Å². The average molecular weight is 316 g/mol. The van der Waals surface area contributed by atoms with Crippen molar-refractivity contribution in [3.05, 3.63) is 35.5 Å². The van der Waals surface area contributed by atoms with Gasteiger partial charge in [0.05, 0.1) is 18.4 Å². The lowest BCUT2D eigenvalue weighted by atomic mass is 10.0. The second-order valence-corrected chi connectivity index (χ2v) is 6.74. The smallest absolute Gasteiger partial charge is 0.138 e. The van der Waals surface area contributed by atoms with Crippen molar-refractivity contribution in [2.24, 2.45) is 5.92 Å². The third-order valence-corrected chi connectivity index (χ3v) is 5.36. The standard InChI is InChI=1S/C17H24N4O2/c1-12-15(13(2)23-19-12)11-20-8-9-22-17-14(4-5-16(17)20)10-21-7-3-6-18-21/h3,6-7,14,16-17H,4-5,8-11H2,1-2H3/t14?,16-,17-/m0/s1. The van der Waals surface area contributed by atoms with Gasteiger partial charge in [-0.2, -0.15) is 5.10 Å². The van der Waals surface area contributed by atoms with Crippen molar-refractivity contribution in [2.75, 3.05) is 13.2 Å². The third-order valence-electron chi connectivity index (χ3n) is 5.36. The predicted molar refractivity (Wildman–Crippen MR) is 84.9 cm³/mol. The zero-order valence-corrected chi connectivity index (χ0v) is 13.8. The van der Waals surface area contributed by atoms with E-state index in [1.165, 1.54) is 18.4 Å². The maximum absolute atomic E-state index is 6.15. The van der Waals surface area contributed by atoms with E-state index in [1.807, 2.05) is 37.0 Å². The lowest BCUT2D eigenvalue weighted by molar-refractivity contribution is -0.0791. The van der Waals surface area contributed by atoms with Gasteiger partial charge in [-0.25, -0.2) is 0 Å². The Labute approximate surface area is 136 Å². The van der Waals surface area contributed by atoms with E-state index in [1.54, 1.807) is 0 Å². The topological polar surface area (TPSA) is 56.3 Å². The SMILES string of the molecule is Cc1noc(C)c1CN1CCO[C@H]2C(Cn3cccn3)CC[C@@H]21. The summed E-state index contributed by atoms with van der Waals surface area (Å²) in [5.74, 6) is 1.49. The van der Waals surface area contributed by atoms with Crippen molar-refractivity contribution >= 4 is 0 Å². The van der Waals surface area contributed by atoms with E-state index >= 15 is 0 Å². The Morgan fingerprint density at radius 2 is 2.22 bits per heavy atom. The Hall–Kier alpha value is -1.66. The number of aryl methyl sites for hydroxylation is 2. The molecule has 1 saturated carbocycles. The van der Waals surface area contributed by atoms with Crippen molar-refractivity contribution in [1.82, 2.24) is 19.8 Å². The highest BCUT2D eigenvalue weighted by Crippen LogP contribution is 2.36. The lowest BCUT2D eigenvalue weighted by Crippen LogP contribution is -2.50. The molecule has 0 spiro atoms. The van der Waals surface area contributed by atoms with Gasteiger partial charge in [-0.1, -0.05) is 5.16 Å². The number of aromatic nitrogens is 3. The second kappa shape index (κ2) is 6.09. The Kier molecular flexibility index (Phi) is 3.95. The summed E-state index contributed by atoms with van der Waals surface area (Å²) >= 11 is 0. The molecule has 3 atom stereocenters. The zero-order chi connectivity index (χ0) is 15.8. The van der Waals surface area contributed by atoms with Gasteiger partial charge in [-0.15, -0.1) is 0 Å². The van der Waals surface area contributed by atoms with Crippen LogP contribution < -0.4 is 0 Å². The van der Waals surface area contributed by atoms with Crippen LogP contribution in [0.4, 0.5) is 0 Å². The van der Waals surface area contributed by atoms with Gasteiger partial charge in [0, 0.05) is 49.6 Å². The monoisotopic (exact) mass is 316 g/mol. The van der Waals surface area contributed by atoms with Gasteiger partial charge in [0.25, 0.3) is 0 Å². The minimum atomic E-state index is 0.313. The molecule has 124 valence electrons.